The van der Waals surface area contributed by atoms with E-state index in [1.807, 2.05) is 0 Å². The average Bonchev–Trinajstić information content (AvgIpc) is 2.41. The summed E-state index contributed by atoms with van der Waals surface area (Å²) in [4.78, 5) is 35.0. The van der Waals surface area contributed by atoms with Gasteiger partial charge in [0.2, 0.25) is 0 Å². The summed E-state index contributed by atoms with van der Waals surface area (Å²) < 4.78 is 5.00. The lowest BCUT2D eigenvalue weighted by atomic mass is 10.2. The van der Waals surface area contributed by atoms with Crippen LogP contribution in [-0.2, 0) is 14.3 Å². The highest BCUT2D eigenvalue weighted by molar-refractivity contribution is 6.15. The van der Waals surface area contributed by atoms with E-state index >= 15 is 0 Å². The van der Waals surface area contributed by atoms with Gasteiger partial charge in [0.25, 0.3) is 11.8 Å². The number of alkyl carbamates (subject to hydrolysis) is 1. The molecule has 0 saturated heterocycles. The largest absolute Gasteiger partial charge is 0.444 e. The molecule has 0 spiro atoms. The van der Waals surface area contributed by atoms with Gasteiger partial charge in [0, 0.05) is 19.2 Å². The first kappa shape index (κ1) is 14.0. The maximum Gasteiger partial charge on any atom is 0.407 e. The molecule has 0 bridgehead atoms. The molecule has 0 aliphatic carbocycles. The third-order valence-corrected chi connectivity index (χ3v) is 2.04. The molecular weight excluding hydrogens is 238 g/mol. The number of nitrogens with two attached hydrogens (primary N) is 1. The van der Waals surface area contributed by atoms with E-state index in [0.29, 0.717) is 0 Å². The maximum atomic E-state index is 11.4. The lowest BCUT2D eigenvalue weighted by Crippen LogP contribution is -2.40. The molecule has 1 heterocycles. The van der Waals surface area contributed by atoms with Crippen molar-refractivity contribution in [3.63, 3.8) is 0 Å². The van der Waals surface area contributed by atoms with Crippen LogP contribution in [0.2, 0.25) is 0 Å². The van der Waals surface area contributed by atoms with Crippen molar-refractivity contribution in [3.8, 4) is 0 Å². The number of nitrogens with zero attached hydrogens (tertiary/aromatic N) is 1. The van der Waals surface area contributed by atoms with Gasteiger partial charge < -0.3 is 15.8 Å². The highest BCUT2D eigenvalue weighted by Gasteiger charge is 2.28. The summed E-state index contributed by atoms with van der Waals surface area (Å²) in [6.45, 7) is 5.40. The first-order valence-electron chi connectivity index (χ1n) is 5.50. The second-order valence-corrected chi connectivity index (χ2v) is 4.82. The molecule has 0 aromatic heterocycles. The second kappa shape index (κ2) is 5.07. The van der Waals surface area contributed by atoms with Crippen LogP contribution in [0.15, 0.2) is 11.8 Å². The predicted molar refractivity (Wildman–Crippen MR) is 63.2 cm³/mol. The molecule has 0 aromatic carbocycles. The summed E-state index contributed by atoms with van der Waals surface area (Å²) >= 11 is 0. The van der Waals surface area contributed by atoms with E-state index in [4.69, 9.17) is 10.5 Å². The van der Waals surface area contributed by atoms with Crippen LogP contribution in [0.4, 0.5) is 4.79 Å². The molecule has 0 aromatic rings. The Morgan fingerprint density at radius 2 is 2.06 bits per heavy atom. The van der Waals surface area contributed by atoms with E-state index in [2.05, 4.69) is 5.32 Å². The Balaban J connectivity index is 2.34. The Kier molecular flexibility index (Phi) is 3.95. The van der Waals surface area contributed by atoms with Crippen molar-refractivity contribution >= 4 is 17.9 Å². The zero-order chi connectivity index (χ0) is 13.9. The van der Waals surface area contributed by atoms with E-state index in [0.717, 1.165) is 11.0 Å². The fourth-order valence-corrected chi connectivity index (χ4v) is 1.32. The molecule has 0 saturated carbocycles. The lowest BCUT2D eigenvalue weighted by Gasteiger charge is -2.20. The van der Waals surface area contributed by atoms with Crippen molar-refractivity contribution in [2.45, 2.75) is 26.4 Å². The summed E-state index contributed by atoms with van der Waals surface area (Å²) in [6.07, 6.45) is 0.470. The summed E-state index contributed by atoms with van der Waals surface area (Å²) in [7, 11) is 0. The molecule has 1 rings (SSSR count). The van der Waals surface area contributed by atoms with Crippen LogP contribution in [0.25, 0.3) is 0 Å². The van der Waals surface area contributed by atoms with E-state index in [9.17, 15) is 14.4 Å². The van der Waals surface area contributed by atoms with Crippen molar-refractivity contribution in [2.24, 2.45) is 5.73 Å². The number of carbonyl (C=O) groups excluding carboxylic acids is 3. The number of hydrogen-bond acceptors (Lipinski definition) is 5. The van der Waals surface area contributed by atoms with Crippen LogP contribution in [0.3, 0.4) is 0 Å². The fraction of sp³-hybridized carbons (Fsp3) is 0.545. The normalized spacial score (nSPS) is 15.7. The highest BCUT2D eigenvalue weighted by Crippen LogP contribution is 2.08. The van der Waals surface area contributed by atoms with Crippen molar-refractivity contribution in [1.29, 1.82) is 0 Å². The topological polar surface area (TPSA) is 102 Å². The summed E-state index contributed by atoms with van der Waals surface area (Å²) in [6, 6.07) is 0. The first-order chi connectivity index (χ1) is 8.20. The van der Waals surface area contributed by atoms with Crippen LogP contribution in [0.5, 0.6) is 0 Å². The van der Waals surface area contributed by atoms with Gasteiger partial charge in [-0.25, -0.2) is 4.79 Å². The monoisotopic (exact) mass is 255 g/mol. The molecule has 0 atom stereocenters. The molecule has 3 N–H and O–H groups in total. The molecule has 100 valence electrons. The van der Waals surface area contributed by atoms with Crippen molar-refractivity contribution < 1.29 is 19.1 Å². The number of imide groups is 1. The van der Waals surface area contributed by atoms with Crippen molar-refractivity contribution in [3.05, 3.63) is 11.8 Å². The van der Waals surface area contributed by atoms with Gasteiger partial charge in [0.05, 0.1) is 0 Å². The van der Waals surface area contributed by atoms with Crippen LogP contribution in [0.1, 0.15) is 20.8 Å². The van der Waals surface area contributed by atoms with E-state index < -0.39 is 23.5 Å². The highest BCUT2D eigenvalue weighted by atomic mass is 16.6. The van der Waals surface area contributed by atoms with Crippen LogP contribution in [-0.4, -0.2) is 41.5 Å². The molecule has 0 unspecified atom stereocenters. The summed E-state index contributed by atoms with van der Waals surface area (Å²) in [5.74, 6) is -1.01. The molecule has 0 radical (unpaired) electrons. The Bertz CT molecular complexity index is 409. The van der Waals surface area contributed by atoms with Gasteiger partial charge in [0.15, 0.2) is 0 Å². The average molecular weight is 255 g/mol. The Hall–Kier alpha value is -2.05. The number of rotatable bonds is 3. The second-order valence-electron chi connectivity index (χ2n) is 4.82. The Labute approximate surface area is 105 Å². The molecule has 3 amide bonds. The third-order valence-electron chi connectivity index (χ3n) is 2.04. The molecule has 1 aliphatic heterocycles. The van der Waals surface area contributed by atoms with Gasteiger partial charge in [-0.1, -0.05) is 0 Å². The van der Waals surface area contributed by atoms with E-state index in [-0.39, 0.29) is 18.8 Å². The minimum Gasteiger partial charge on any atom is -0.444 e. The van der Waals surface area contributed by atoms with Gasteiger partial charge in [-0.3, -0.25) is 14.5 Å². The quantitative estimate of drug-likeness (QED) is 0.675. The third kappa shape index (κ3) is 3.76. The van der Waals surface area contributed by atoms with Gasteiger partial charge in [-0.05, 0) is 20.8 Å². The van der Waals surface area contributed by atoms with Crippen LogP contribution in [0, 0.1) is 0 Å². The zero-order valence-corrected chi connectivity index (χ0v) is 10.6. The van der Waals surface area contributed by atoms with E-state index in [1.165, 1.54) is 0 Å². The predicted octanol–water partition coefficient (Wildman–Crippen LogP) is -0.277. The number of hydrogen-bond donors (Lipinski definition) is 2. The Morgan fingerprint density at radius 1 is 1.44 bits per heavy atom. The first-order valence-corrected chi connectivity index (χ1v) is 5.50. The minimum atomic E-state index is -0.595. The summed E-state index contributed by atoms with van der Waals surface area (Å²) in [5, 5.41) is 2.45. The number of carbonyl (C=O) groups is 3. The smallest absolute Gasteiger partial charge is 0.407 e. The minimum absolute atomic E-state index is 0.0636. The summed E-state index contributed by atoms with van der Waals surface area (Å²) in [5.41, 5.74) is 4.64. The van der Waals surface area contributed by atoms with Crippen LogP contribution < -0.4 is 11.1 Å². The van der Waals surface area contributed by atoms with Crippen molar-refractivity contribution in [2.75, 3.05) is 13.1 Å². The maximum absolute atomic E-state index is 11.4. The molecule has 7 nitrogen and oxygen atoms in total. The standard InChI is InChI=1S/C11H17N3O4/c1-11(2,3)18-10(17)13-4-5-14-8(15)6-7(12)9(14)16/h6H,4-5,12H2,1-3H3,(H,13,17). The van der Waals surface area contributed by atoms with Gasteiger partial charge in [-0.15, -0.1) is 0 Å². The number of ether oxygens (including phenoxy) is 1. The van der Waals surface area contributed by atoms with Gasteiger partial charge in [-0.2, -0.15) is 0 Å². The number of amides is 3. The molecule has 0 fully saturated rings. The molecule has 18 heavy (non-hydrogen) atoms. The van der Waals surface area contributed by atoms with E-state index in [1.54, 1.807) is 20.8 Å². The molecular formula is C11H17N3O4. The Morgan fingerprint density at radius 3 is 2.50 bits per heavy atom. The fourth-order valence-electron chi connectivity index (χ4n) is 1.32. The molecule has 1 aliphatic rings. The van der Waals surface area contributed by atoms with Crippen LogP contribution >= 0.6 is 0 Å². The van der Waals surface area contributed by atoms with Gasteiger partial charge >= 0.3 is 6.09 Å². The molecule has 7 heteroatoms. The zero-order valence-electron chi connectivity index (χ0n) is 10.6. The van der Waals surface area contributed by atoms with Gasteiger partial charge in [0.1, 0.15) is 11.3 Å². The number of nitrogens with one attached hydrogen (secondary N) is 1. The SMILES string of the molecule is CC(C)(C)OC(=O)NCCN1C(=O)C=C(N)C1=O. The lowest BCUT2D eigenvalue weighted by molar-refractivity contribution is -0.137. The van der Waals surface area contributed by atoms with Crippen molar-refractivity contribution in [1.82, 2.24) is 10.2 Å².